The van der Waals surface area contributed by atoms with Gasteiger partial charge in [-0.15, -0.1) is 24.8 Å². The Balaban J connectivity index is -0.000000149. The molecule has 0 bridgehead atoms. The number of aliphatic hydroxyl groups is 1. The molecule has 0 rings (SSSR count). The lowest BCUT2D eigenvalue weighted by Gasteiger charge is -2.31. The van der Waals surface area contributed by atoms with E-state index in [2.05, 4.69) is 13.8 Å². The highest BCUT2D eigenvalue weighted by Crippen LogP contribution is 2.24. The van der Waals surface area contributed by atoms with Crippen LogP contribution < -0.4 is 0 Å². The standard InChI is InChI=1S/C12H26.C8H18O.2ClH/c1-3-5-7-9-11-12-10-8-6-4-2;1-6(2)8(5,9)7(3)4;;/h3-12H2,1-2H3;6-7,9H,1-5H3;2*1H. The molecule has 0 aromatic heterocycles. The summed E-state index contributed by atoms with van der Waals surface area (Å²) in [5.74, 6) is 0.690. The molecule has 0 amide bonds. The van der Waals surface area contributed by atoms with Crippen molar-refractivity contribution in [1.29, 1.82) is 0 Å². The van der Waals surface area contributed by atoms with Gasteiger partial charge in [0.25, 0.3) is 0 Å². The van der Waals surface area contributed by atoms with Crippen molar-refractivity contribution in [2.75, 3.05) is 0 Å². The molecule has 0 spiro atoms. The van der Waals surface area contributed by atoms with E-state index in [4.69, 9.17) is 0 Å². The van der Waals surface area contributed by atoms with Crippen molar-refractivity contribution in [2.24, 2.45) is 11.8 Å². The molecule has 0 fully saturated rings. The Morgan fingerprint density at radius 2 is 0.826 bits per heavy atom. The molecular formula is C20H46Cl2O. The monoisotopic (exact) mass is 372 g/mol. The molecule has 0 aromatic carbocycles. The van der Waals surface area contributed by atoms with Gasteiger partial charge in [-0.05, 0) is 18.8 Å². The van der Waals surface area contributed by atoms with Crippen molar-refractivity contribution < 1.29 is 5.11 Å². The van der Waals surface area contributed by atoms with E-state index in [1.807, 2.05) is 34.6 Å². The Labute approximate surface area is 160 Å². The van der Waals surface area contributed by atoms with Gasteiger partial charge in [-0.2, -0.15) is 0 Å². The number of unbranched alkanes of at least 4 members (excludes halogenated alkanes) is 9. The van der Waals surface area contributed by atoms with Gasteiger partial charge in [0.1, 0.15) is 0 Å². The zero-order valence-electron chi connectivity index (χ0n) is 17.0. The van der Waals surface area contributed by atoms with Gasteiger partial charge < -0.3 is 5.11 Å². The number of rotatable bonds is 11. The number of halogens is 2. The molecule has 3 heteroatoms. The van der Waals surface area contributed by atoms with Gasteiger partial charge in [0.05, 0.1) is 5.60 Å². The van der Waals surface area contributed by atoms with Crippen LogP contribution in [0.4, 0.5) is 0 Å². The fourth-order valence-corrected chi connectivity index (χ4v) is 2.23. The van der Waals surface area contributed by atoms with Crippen LogP contribution in [-0.4, -0.2) is 10.7 Å². The van der Waals surface area contributed by atoms with Crippen LogP contribution in [0.3, 0.4) is 0 Å². The molecule has 0 aromatic rings. The number of hydrogen-bond donors (Lipinski definition) is 1. The molecule has 0 saturated heterocycles. The summed E-state index contributed by atoms with van der Waals surface area (Å²) in [4.78, 5) is 0. The minimum Gasteiger partial charge on any atom is -0.390 e. The highest BCUT2D eigenvalue weighted by Gasteiger charge is 2.28. The van der Waals surface area contributed by atoms with Gasteiger partial charge >= 0.3 is 0 Å². The highest BCUT2D eigenvalue weighted by atomic mass is 35.5. The van der Waals surface area contributed by atoms with Crippen molar-refractivity contribution in [3.8, 4) is 0 Å². The third-order valence-corrected chi connectivity index (χ3v) is 4.79. The minimum atomic E-state index is -0.500. The Morgan fingerprint density at radius 1 is 0.609 bits per heavy atom. The second-order valence-electron chi connectivity index (χ2n) is 7.36. The van der Waals surface area contributed by atoms with E-state index in [-0.39, 0.29) is 24.8 Å². The van der Waals surface area contributed by atoms with E-state index in [0.717, 1.165) is 0 Å². The predicted octanol–water partition coefficient (Wildman–Crippen LogP) is 7.82. The second kappa shape index (κ2) is 20.6. The molecule has 146 valence electrons. The summed E-state index contributed by atoms with van der Waals surface area (Å²) < 4.78 is 0. The summed E-state index contributed by atoms with van der Waals surface area (Å²) >= 11 is 0. The molecule has 0 saturated carbocycles. The minimum absolute atomic E-state index is 0. The maximum atomic E-state index is 9.67. The summed E-state index contributed by atoms with van der Waals surface area (Å²) in [6.45, 7) is 14.6. The molecule has 0 atom stereocenters. The molecule has 23 heavy (non-hydrogen) atoms. The summed E-state index contributed by atoms with van der Waals surface area (Å²) in [5.41, 5.74) is -0.500. The third kappa shape index (κ3) is 20.5. The van der Waals surface area contributed by atoms with Gasteiger partial charge in [0.2, 0.25) is 0 Å². The molecular weight excluding hydrogens is 327 g/mol. The molecule has 0 aliphatic heterocycles. The first kappa shape index (κ1) is 31.3. The Bertz CT molecular complexity index is 184. The first-order valence-corrected chi connectivity index (χ1v) is 9.52. The van der Waals surface area contributed by atoms with Crippen LogP contribution in [0.5, 0.6) is 0 Å². The fraction of sp³-hybridized carbons (Fsp3) is 1.00. The van der Waals surface area contributed by atoms with E-state index in [9.17, 15) is 5.11 Å². The molecule has 0 radical (unpaired) electrons. The zero-order chi connectivity index (χ0) is 16.7. The van der Waals surface area contributed by atoms with Crippen molar-refractivity contribution in [1.82, 2.24) is 0 Å². The summed E-state index contributed by atoms with van der Waals surface area (Å²) in [6, 6.07) is 0. The maximum absolute atomic E-state index is 9.67. The van der Waals surface area contributed by atoms with Crippen molar-refractivity contribution in [3.05, 3.63) is 0 Å². The summed E-state index contributed by atoms with van der Waals surface area (Å²) in [5, 5.41) is 9.67. The van der Waals surface area contributed by atoms with Gasteiger partial charge in [0.15, 0.2) is 0 Å². The molecule has 0 aliphatic carbocycles. The van der Waals surface area contributed by atoms with Crippen LogP contribution in [0.2, 0.25) is 0 Å². The van der Waals surface area contributed by atoms with Crippen molar-refractivity contribution in [3.63, 3.8) is 0 Å². The molecule has 1 nitrogen and oxygen atoms in total. The molecule has 0 aliphatic rings. The SMILES string of the molecule is CC(C)C(C)(O)C(C)C.CCCCCCCCCCCC.Cl.Cl. The molecule has 1 N–H and O–H groups in total. The second-order valence-corrected chi connectivity index (χ2v) is 7.36. The Morgan fingerprint density at radius 3 is 0.957 bits per heavy atom. The van der Waals surface area contributed by atoms with Crippen LogP contribution in [-0.2, 0) is 0 Å². The van der Waals surface area contributed by atoms with Crippen molar-refractivity contribution >= 4 is 24.8 Å². The van der Waals surface area contributed by atoms with E-state index in [1.54, 1.807) is 0 Å². The average Bonchev–Trinajstić information content (AvgIpc) is 2.42. The van der Waals surface area contributed by atoms with Gasteiger partial charge in [-0.25, -0.2) is 0 Å². The fourth-order valence-electron chi connectivity index (χ4n) is 2.23. The predicted molar refractivity (Wildman–Crippen MR) is 112 cm³/mol. The molecule has 0 heterocycles. The lowest BCUT2D eigenvalue weighted by molar-refractivity contribution is -0.0289. The smallest absolute Gasteiger partial charge is 0.0665 e. The van der Waals surface area contributed by atoms with Crippen LogP contribution >= 0.6 is 24.8 Å². The van der Waals surface area contributed by atoms with Crippen LogP contribution in [0, 0.1) is 11.8 Å². The molecule has 0 unspecified atom stereocenters. The maximum Gasteiger partial charge on any atom is 0.0665 e. The first-order chi connectivity index (χ1) is 9.80. The largest absolute Gasteiger partial charge is 0.390 e. The van der Waals surface area contributed by atoms with E-state index in [0.29, 0.717) is 11.8 Å². The van der Waals surface area contributed by atoms with E-state index >= 15 is 0 Å². The normalized spacial score (nSPS) is 10.7. The quantitative estimate of drug-likeness (QED) is 0.366. The first-order valence-electron chi connectivity index (χ1n) is 9.52. The van der Waals surface area contributed by atoms with Crippen LogP contribution in [0.1, 0.15) is 113 Å². The van der Waals surface area contributed by atoms with E-state index in [1.165, 1.54) is 64.2 Å². The Kier molecular flexibility index (Phi) is 28.0. The summed E-state index contributed by atoms with van der Waals surface area (Å²) in [7, 11) is 0. The van der Waals surface area contributed by atoms with Gasteiger partial charge in [-0.1, -0.05) is 106 Å². The van der Waals surface area contributed by atoms with Crippen molar-refractivity contribution in [2.45, 2.75) is 118 Å². The highest BCUT2D eigenvalue weighted by molar-refractivity contribution is 5.85. The number of hydrogen-bond acceptors (Lipinski definition) is 1. The zero-order valence-corrected chi connectivity index (χ0v) is 18.6. The van der Waals surface area contributed by atoms with Crippen LogP contribution in [0.25, 0.3) is 0 Å². The lowest BCUT2D eigenvalue weighted by atomic mass is 9.82. The summed E-state index contributed by atoms with van der Waals surface area (Å²) in [6.07, 6.45) is 14.4. The van der Waals surface area contributed by atoms with Gasteiger partial charge in [0, 0.05) is 0 Å². The third-order valence-electron chi connectivity index (χ3n) is 4.79. The van der Waals surface area contributed by atoms with Crippen LogP contribution in [0.15, 0.2) is 0 Å². The Hall–Kier alpha value is 0.540. The van der Waals surface area contributed by atoms with E-state index < -0.39 is 5.60 Å². The average molecular weight is 373 g/mol. The topological polar surface area (TPSA) is 20.2 Å². The van der Waals surface area contributed by atoms with Gasteiger partial charge in [-0.3, -0.25) is 0 Å². The lowest BCUT2D eigenvalue weighted by Crippen LogP contribution is -2.36.